The number of hydrogen-bond donors (Lipinski definition) is 1. The van der Waals surface area contributed by atoms with E-state index in [2.05, 4.69) is 4.90 Å². The van der Waals surface area contributed by atoms with Gasteiger partial charge in [-0.3, -0.25) is 9.69 Å². The Kier molecular flexibility index (Phi) is 8.51. The Morgan fingerprint density at radius 1 is 1.47 bits per heavy atom. The van der Waals surface area contributed by atoms with Gasteiger partial charge in [0, 0.05) is 45.7 Å². The molecule has 6 heteroatoms. The van der Waals surface area contributed by atoms with Crippen LogP contribution in [0.3, 0.4) is 0 Å². The smallest absolute Gasteiger partial charge is 0.223 e. The highest BCUT2D eigenvalue weighted by Crippen LogP contribution is 1.99. The monoisotopic (exact) mass is 265 g/mol. The third kappa shape index (κ3) is 6.83. The summed E-state index contributed by atoms with van der Waals surface area (Å²) in [6.45, 7) is 7.09. The van der Waals surface area contributed by atoms with E-state index in [-0.39, 0.29) is 24.4 Å². The van der Waals surface area contributed by atoms with Crippen LogP contribution < -0.4 is 5.73 Å². The van der Waals surface area contributed by atoms with Gasteiger partial charge in [-0.05, 0) is 6.92 Å². The molecule has 1 atom stereocenters. The standard InChI is InChI=1S/C11H23N3O2.ClH/c1-10(12)9-11(15)13(2)3-4-14-5-7-16-8-6-14;/h10H,3-9,12H2,1-2H3;1H. The quantitative estimate of drug-likeness (QED) is 0.757. The number of likely N-dealkylation sites (N-methyl/N-ethyl adjacent to an activating group) is 1. The summed E-state index contributed by atoms with van der Waals surface area (Å²) >= 11 is 0. The van der Waals surface area contributed by atoms with Crippen LogP contribution in [0.25, 0.3) is 0 Å². The van der Waals surface area contributed by atoms with E-state index >= 15 is 0 Å². The van der Waals surface area contributed by atoms with Crippen LogP contribution in [-0.2, 0) is 9.53 Å². The van der Waals surface area contributed by atoms with Gasteiger partial charge in [0.2, 0.25) is 5.91 Å². The first kappa shape index (κ1) is 16.6. The minimum absolute atomic E-state index is 0. The van der Waals surface area contributed by atoms with E-state index in [9.17, 15) is 4.79 Å². The molecule has 0 spiro atoms. The maximum atomic E-state index is 11.6. The van der Waals surface area contributed by atoms with Gasteiger partial charge in [-0.2, -0.15) is 0 Å². The summed E-state index contributed by atoms with van der Waals surface area (Å²) in [4.78, 5) is 15.7. The van der Waals surface area contributed by atoms with E-state index in [0.29, 0.717) is 6.42 Å². The summed E-state index contributed by atoms with van der Waals surface area (Å²) < 4.78 is 5.27. The molecule has 0 aromatic rings. The summed E-state index contributed by atoms with van der Waals surface area (Å²) in [7, 11) is 1.84. The molecule has 1 fully saturated rings. The lowest BCUT2D eigenvalue weighted by molar-refractivity contribution is -0.130. The molecule has 0 aromatic carbocycles. The van der Waals surface area contributed by atoms with Crippen LogP contribution >= 0.6 is 12.4 Å². The topological polar surface area (TPSA) is 58.8 Å². The molecular formula is C11H24ClN3O2. The number of carbonyl (C=O) groups excluding carboxylic acids is 1. The Morgan fingerprint density at radius 2 is 2.06 bits per heavy atom. The number of rotatable bonds is 5. The van der Waals surface area contributed by atoms with Crippen molar-refractivity contribution in [1.29, 1.82) is 0 Å². The molecule has 1 amide bonds. The fourth-order valence-corrected chi connectivity index (χ4v) is 1.67. The Labute approximate surface area is 110 Å². The van der Waals surface area contributed by atoms with Crippen LogP contribution in [-0.4, -0.2) is 68.2 Å². The third-order valence-corrected chi connectivity index (χ3v) is 2.78. The zero-order chi connectivity index (χ0) is 12.0. The van der Waals surface area contributed by atoms with Crippen LogP contribution in [0.1, 0.15) is 13.3 Å². The molecule has 2 N–H and O–H groups in total. The molecule has 0 saturated carbocycles. The molecule has 1 heterocycles. The van der Waals surface area contributed by atoms with Crippen LogP contribution in [0.5, 0.6) is 0 Å². The molecule has 1 aliphatic heterocycles. The first-order chi connectivity index (χ1) is 7.59. The maximum Gasteiger partial charge on any atom is 0.223 e. The number of nitrogens with two attached hydrogens (primary N) is 1. The van der Waals surface area contributed by atoms with Crippen molar-refractivity contribution in [3.63, 3.8) is 0 Å². The van der Waals surface area contributed by atoms with E-state index in [4.69, 9.17) is 10.5 Å². The fraction of sp³-hybridized carbons (Fsp3) is 0.909. The van der Waals surface area contributed by atoms with Crippen molar-refractivity contribution in [3.8, 4) is 0 Å². The normalized spacial score (nSPS) is 18.3. The van der Waals surface area contributed by atoms with E-state index in [1.807, 2.05) is 14.0 Å². The first-order valence-electron chi connectivity index (χ1n) is 5.89. The Morgan fingerprint density at radius 3 is 2.59 bits per heavy atom. The van der Waals surface area contributed by atoms with Gasteiger partial charge in [0.15, 0.2) is 0 Å². The molecule has 1 aliphatic rings. The molecule has 1 unspecified atom stereocenters. The minimum Gasteiger partial charge on any atom is -0.379 e. The van der Waals surface area contributed by atoms with Gasteiger partial charge in [0.1, 0.15) is 0 Å². The molecule has 5 nitrogen and oxygen atoms in total. The number of nitrogens with zero attached hydrogens (tertiary/aromatic N) is 2. The summed E-state index contributed by atoms with van der Waals surface area (Å²) in [5.74, 6) is 0.128. The highest BCUT2D eigenvalue weighted by atomic mass is 35.5. The number of halogens is 1. The highest BCUT2D eigenvalue weighted by Gasteiger charge is 2.14. The van der Waals surface area contributed by atoms with Crippen molar-refractivity contribution in [2.24, 2.45) is 5.73 Å². The Balaban J connectivity index is 0.00000256. The van der Waals surface area contributed by atoms with Crippen LogP contribution in [0.15, 0.2) is 0 Å². The number of ether oxygens (including phenoxy) is 1. The van der Waals surface area contributed by atoms with Crippen molar-refractivity contribution >= 4 is 18.3 Å². The summed E-state index contributed by atoms with van der Waals surface area (Å²) in [6.07, 6.45) is 0.430. The number of amides is 1. The molecule has 17 heavy (non-hydrogen) atoms. The molecule has 0 aromatic heterocycles. The van der Waals surface area contributed by atoms with Crippen LogP contribution in [0.4, 0.5) is 0 Å². The lowest BCUT2D eigenvalue weighted by Crippen LogP contribution is -2.42. The van der Waals surface area contributed by atoms with Gasteiger partial charge >= 0.3 is 0 Å². The summed E-state index contributed by atoms with van der Waals surface area (Å²) in [5, 5.41) is 0. The lowest BCUT2D eigenvalue weighted by Gasteiger charge is -2.28. The summed E-state index contributed by atoms with van der Waals surface area (Å²) in [6, 6.07) is -0.0571. The number of carbonyl (C=O) groups is 1. The van der Waals surface area contributed by atoms with Crippen molar-refractivity contribution in [1.82, 2.24) is 9.80 Å². The van der Waals surface area contributed by atoms with Gasteiger partial charge in [-0.1, -0.05) is 0 Å². The minimum atomic E-state index is -0.0571. The largest absolute Gasteiger partial charge is 0.379 e. The van der Waals surface area contributed by atoms with Gasteiger partial charge in [0.05, 0.1) is 13.2 Å². The first-order valence-corrected chi connectivity index (χ1v) is 5.89. The third-order valence-electron chi connectivity index (χ3n) is 2.78. The van der Waals surface area contributed by atoms with Gasteiger partial charge in [0.25, 0.3) is 0 Å². The zero-order valence-corrected chi connectivity index (χ0v) is 11.5. The zero-order valence-electron chi connectivity index (χ0n) is 10.7. The number of morpholine rings is 1. The van der Waals surface area contributed by atoms with Crippen LogP contribution in [0.2, 0.25) is 0 Å². The van der Waals surface area contributed by atoms with Gasteiger partial charge in [-0.15, -0.1) is 12.4 Å². The lowest BCUT2D eigenvalue weighted by atomic mass is 10.2. The average molecular weight is 266 g/mol. The average Bonchev–Trinajstić information content (AvgIpc) is 2.26. The Bertz CT molecular complexity index is 221. The van der Waals surface area contributed by atoms with Crippen molar-refractivity contribution in [2.75, 3.05) is 46.4 Å². The number of hydrogen-bond acceptors (Lipinski definition) is 4. The molecule has 1 rings (SSSR count). The molecule has 0 bridgehead atoms. The van der Waals surface area contributed by atoms with E-state index in [0.717, 1.165) is 39.4 Å². The van der Waals surface area contributed by atoms with Crippen LogP contribution in [0, 0.1) is 0 Å². The predicted molar refractivity (Wildman–Crippen MR) is 70.4 cm³/mol. The second-order valence-corrected chi connectivity index (χ2v) is 4.45. The Hall–Kier alpha value is -0.360. The molecule has 0 radical (unpaired) electrons. The summed E-state index contributed by atoms with van der Waals surface area (Å²) in [5.41, 5.74) is 5.60. The molecule has 102 valence electrons. The maximum absolute atomic E-state index is 11.6. The van der Waals surface area contributed by atoms with Gasteiger partial charge < -0.3 is 15.4 Å². The molecule has 0 aliphatic carbocycles. The van der Waals surface area contributed by atoms with Gasteiger partial charge in [-0.25, -0.2) is 0 Å². The fourth-order valence-electron chi connectivity index (χ4n) is 1.67. The van der Waals surface area contributed by atoms with Crippen molar-refractivity contribution in [2.45, 2.75) is 19.4 Å². The molecule has 1 saturated heterocycles. The predicted octanol–water partition coefficient (Wildman–Crippen LogP) is -0.0639. The van der Waals surface area contributed by atoms with Crippen molar-refractivity contribution in [3.05, 3.63) is 0 Å². The second-order valence-electron chi connectivity index (χ2n) is 4.45. The SMILES string of the molecule is CC(N)CC(=O)N(C)CCN1CCOCC1.Cl. The second kappa shape index (κ2) is 8.69. The van der Waals surface area contributed by atoms with E-state index < -0.39 is 0 Å². The van der Waals surface area contributed by atoms with E-state index in [1.54, 1.807) is 4.90 Å². The highest BCUT2D eigenvalue weighted by molar-refractivity contribution is 5.85. The van der Waals surface area contributed by atoms with E-state index in [1.165, 1.54) is 0 Å². The van der Waals surface area contributed by atoms with Crippen molar-refractivity contribution < 1.29 is 9.53 Å². The molecular weight excluding hydrogens is 242 g/mol.